The molecule has 1 heterocycles. The van der Waals surface area contributed by atoms with Crippen molar-refractivity contribution in [1.29, 1.82) is 0 Å². The Balaban J connectivity index is 1.79. The van der Waals surface area contributed by atoms with Crippen LogP contribution in [-0.4, -0.2) is 38.2 Å². The molecule has 1 atom stereocenters. The molecule has 28 heavy (non-hydrogen) atoms. The number of amidine groups is 1. The van der Waals surface area contributed by atoms with E-state index in [1.54, 1.807) is 42.1 Å². The Morgan fingerprint density at radius 3 is 2.64 bits per heavy atom. The van der Waals surface area contributed by atoms with Gasteiger partial charge in [-0.25, -0.2) is 12.8 Å². The van der Waals surface area contributed by atoms with Crippen LogP contribution in [0.4, 0.5) is 4.39 Å². The fourth-order valence-electron chi connectivity index (χ4n) is 2.78. The number of halogens is 1. The first-order valence-corrected chi connectivity index (χ1v) is 11.5. The number of carbonyl (C=O) groups is 1. The summed E-state index contributed by atoms with van der Waals surface area (Å²) in [4.78, 5) is 17.2. The maximum absolute atomic E-state index is 13.0. The third-order valence-electron chi connectivity index (χ3n) is 4.23. The van der Waals surface area contributed by atoms with Crippen molar-refractivity contribution >= 4 is 33.5 Å². The molecule has 0 unspecified atom stereocenters. The Labute approximate surface area is 167 Å². The SMILES string of the molecule is CSCC[C@@H](N=C1NS(=O)(=O)c2ccccc21)C(=O)NCc1ccc(F)cc1. The normalized spacial score (nSPS) is 17.0. The lowest BCUT2D eigenvalue weighted by molar-refractivity contribution is -0.122. The molecule has 0 spiro atoms. The van der Waals surface area contributed by atoms with Gasteiger partial charge in [-0.2, -0.15) is 11.8 Å². The van der Waals surface area contributed by atoms with E-state index in [1.807, 2.05) is 6.26 Å². The standard InChI is InChI=1S/C19H20FN3O3S2/c1-27-11-10-16(19(24)21-12-13-6-8-14(20)9-7-13)22-18-15-4-2-3-5-17(15)28(25,26)23-18/h2-9,16H,10-12H2,1H3,(H,21,24)(H,22,23)/t16-/m1/s1. The van der Waals surface area contributed by atoms with Crippen LogP contribution in [0.1, 0.15) is 17.5 Å². The van der Waals surface area contributed by atoms with Gasteiger partial charge in [0.15, 0.2) is 0 Å². The van der Waals surface area contributed by atoms with Gasteiger partial charge in [-0.3, -0.25) is 14.5 Å². The molecule has 2 N–H and O–H groups in total. The fourth-order valence-corrected chi connectivity index (χ4v) is 4.48. The number of thioether (sulfide) groups is 1. The Bertz CT molecular complexity index is 992. The average molecular weight is 422 g/mol. The Morgan fingerprint density at radius 1 is 1.21 bits per heavy atom. The molecule has 3 rings (SSSR count). The smallest absolute Gasteiger partial charge is 0.263 e. The van der Waals surface area contributed by atoms with Crippen LogP contribution in [-0.2, 0) is 21.4 Å². The minimum absolute atomic E-state index is 0.157. The molecule has 1 aliphatic heterocycles. The van der Waals surface area contributed by atoms with Gasteiger partial charge < -0.3 is 5.32 Å². The number of nitrogens with zero attached hydrogens (tertiary/aromatic N) is 1. The van der Waals surface area contributed by atoms with E-state index in [-0.39, 0.29) is 29.0 Å². The number of hydrogen-bond donors (Lipinski definition) is 2. The van der Waals surface area contributed by atoms with E-state index in [0.29, 0.717) is 17.7 Å². The molecule has 0 aliphatic carbocycles. The first-order valence-electron chi connectivity index (χ1n) is 8.62. The Hall–Kier alpha value is -2.39. The molecule has 2 aromatic carbocycles. The molecule has 0 fully saturated rings. The maximum Gasteiger partial charge on any atom is 0.263 e. The summed E-state index contributed by atoms with van der Waals surface area (Å²) in [5.41, 5.74) is 1.22. The molecule has 9 heteroatoms. The van der Waals surface area contributed by atoms with E-state index in [1.165, 1.54) is 18.2 Å². The van der Waals surface area contributed by atoms with Crippen LogP contribution in [0.15, 0.2) is 58.4 Å². The second kappa shape index (κ2) is 8.74. The van der Waals surface area contributed by atoms with Crippen LogP contribution in [0, 0.1) is 5.82 Å². The third-order valence-corrected chi connectivity index (χ3v) is 6.27. The highest BCUT2D eigenvalue weighted by Gasteiger charge is 2.31. The second-order valence-electron chi connectivity index (χ2n) is 6.22. The van der Waals surface area contributed by atoms with Crippen molar-refractivity contribution < 1.29 is 17.6 Å². The molecular formula is C19H20FN3O3S2. The molecule has 0 aromatic heterocycles. The van der Waals surface area contributed by atoms with Gasteiger partial charge in [0, 0.05) is 12.1 Å². The number of aliphatic imine (C=N–C) groups is 1. The summed E-state index contributed by atoms with van der Waals surface area (Å²) in [6, 6.07) is 11.6. The molecule has 0 radical (unpaired) electrons. The number of nitrogens with one attached hydrogen (secondary N) is 2. The van der Waals surface area contributed by atoms with Crippen molar-refractivity contribution in [3.63, 3.8) is 0 Å². The number of amides is 1. The van der Waals surface area contributed by atoms with Gasteiger partial charge in [-0.15, -0.1) is 0 Å². The molecule has 0 bridgehead atoms. The second-order valence-corrected chi connectivity index (χ2v) is 8.86. The molecule has 6 nitrogen and oxygen atoms in total. The van der Waals surface area contributed by atoms with Crippen LogP contribution in [0.25, 0.3) is 0 Å². The summed E-state index contributed by atoms with van der Waals surface area (Å²) in [7, 11) is -3.66. The first kappa shape index (κ1) is 20.3. The Kier molecular flexibility index (Phi) is 6.35. The van der Waals surface area contributed by atoms with E-state index in [2.05, 4.69) is 15.0 Å². The number of hydrogen-bond acceptors (Lipinski definition) is 5. The first-order chi connectivity index (χ1) is 13.4. The molecule has 0 saturated heterocycles. The molecule has 148 valence electrons. The zero-order chi connectivity index (χ0) is 20.1. The van der Waals surface area contributed by atoms with Crippen molar-refractivity contribution in [2.24, 2.45) is 4.99 Å². The maximum atomic E-state index is 13.0. The summed E-state index contributed by atoms with van der Waals surface area (Å²) in [6.07, 6.45) is 2.39. The topological polar surface area (TPSA) is 87.6 Å². The lowest BCUT2D eigenvalue weighted by Gasteiger charge is -2.14. The minimum Gasteiger partial charge on any atom is -0.350 e. The summed E-state index contributed by atoms with van der Waals surface area (Å²) in [6.45, 7) is 0.238. The summed E-state index contributed by atoms with van der Waals surface area (Å²) in [5, 5.41) is 2.79. The van der Waals surface area contributed by atoms with E-state index >= 15 is 0 Å². The third kappa shape index (κ3) is 4.71. The van der Waals surface area contributed by atoms with Crippen molar-refractivity contribution in [3.8, 4) is 0 Å². The Morgan fingerprint density at radius 2 is 1.93 bits per heavy atom. The van der Waals surface area contributed by atoms with Gasteiger partial charge >= 0.3 is 0 Å². The number of carbonyl (C=O) groups excluding carboxylic acids is 1. The molecule has 2 aromatic rings. The van der Waals surface area contributed by atoms with Crippen molar-refractivity contribution in [2.45, 2.75) is 23.9 Å². The fraction of sp³-hybridized carbons (Fsp3) is 0.263. The molecule has 1 aliphatic rings. The van der Waals surface area contributed by atoms with Crippen LogP contribution in [0.2, 0.25) is 0 Å². The van der Waals surface area contributed by atoms with Gasteiger partial charge in [0.1, 0.15) is 17.7 Å². The largest absolute Gasteiger partial charge is 0.350 e. The summed E-state index contributed by atoms with van der Waals surface area (Å²) in [5.74, 6) is 0.222. The van der Waals surface area contributed by atoms with Gasteiger partial charge in [0.25, 0.3) is 10.0 Å². The molecule has 1 amide bonds. The lowest BCUT2D eigenvalue weighted by Crippen LogP contribution is -2.35. The highest BCUT2D eigenvalue weighted by molar-refractivity contribution is 7.98. The van der Waals surface area contributed by atoms with Gasteiger partial charge in [-0.05, 0) is 48.3 Å². The van der Waals surface area contributed by atoms with E-state index in [9.17, 15) is 17.6 Å². The van der Waals surface area contributed by atoms with Crippen LogP contribution in [0.3, 0.4) is 0 Å². The quantitative estimate of drug-likeness (QED) is 0.718. The van der Waals surface area contributed by atoms with Gasteiger partial charge in [-0.1, -0.05) is 24.3 Å². The highest BCUT2D eigenvalue weighted by Crippen LogP contribution is 2.23. The molecular weight excluding hydrogens is 401 g/mol. The van der Waals surface area contributed by atoms with Gasteiger partial charge in [0.05, 0.1) is 4.90 Å². The number of fused-ring (bicyclic) bond motifs is 1. The summed E-state index contributed by atoms with van der Waals surface area (Å²) >= 11 is 1.58. The van der Waals surface area contributed by atoms with Crippen LogP contribution >= 0.6 is 11.8 Å². The minimum atomic E-state index is -3.66. The monoisotopic (exact) mass is 421 g/mol. The van der Waals surface area contributed by atoms with Crippen molar-refractivity contribution in [3.05, 3.63) is 65.5 Å². The van der Waals surface area contributed by atoms with E-state index in [4.69, 9.17) is 0 Å². The lowest BCUT2D eigenvalue weighted by atomic mass is 10.1. The predicted molar refractivity (Wildman–Crippen MR) is 108 cm³/mol. The van der Waals surface area contributed by atoms with Crippen molar-refractivity contribution in [2.75, 3.05) is 12.0 Å². The van der Waals surface area contributed by atoms with E-state index in [0.717, 1.165) is 5.56 Å². The van der Waals surface area contributed by atoms with E-state index < -0.39 is 16.1 Å². The van der Waals surface area contributed by atoms with Gasteiger partial charge in [0.2, 0.25) is 5.91 Å². The zero-order valence-electron chi connectivity index (χ0n) is 15.2. The van der Waals surface area contributed by atoms with Crippen LogP contribution < -0.4 is 10.0 Å². The number of benzene rings is 2. The average Bonchev–Trinajstić information content (AvgIpc) is 2.95. The van der Waals surface area contributed by atoms with Crippen molar-refractivity contribution in [1.82, 2.24) is 10.0 Å². The van der Waals surface area contributed by atoms with Crippen LogP contribution in [0.5, 0.6) is 0 Å². The number of sulfonamides is 1. The zero-order valence-corrected chi connectivity index (χ0v) is 16.8. The predicted octanol–water partition coefficient (Wildman–Crippen LogP) is 2.30. The summed E-state index contributed by atoms with van der Waals surface area (Å²) < 4.78 is 39.9. The highest BCUT2D eigenvalue weighted by atomic mass is 32.2. The molecule has 0 saturated carbocycles. The number of rotatable bonds is 7.